The number of benzene rings is 4. The minimum Gasteiger partial charge on any atom is -0.192 e. The fourth-order valence-electron chi connectivity index (χ4n) is 4.26. The van der Waals surface area contributed by atoms with Crippen LogP contribution in [0.25, 0.3) is 21.9 Å². The van der Waals surface area contributed by atoms with E-state index in [2.05, 4.69) is 67.3 Å². The van der Waals surface area contributed by atoms with E-state index in [0.29, 0.717) is 11.1 Å². The topological polar surface area (TPSA) is 47.6 Å². The highest BCUT2D eigenvalue weighted by molar-refractivity contribution is 7.99. The van der Waals surface area contributed by atoms with Crippen LogP contribution in [-0.2, 0) is 5.75 Å². The summed E-state index contributed by atoms with van der Waals surface area (Å²) in [5.74, 6) is 0.791. The molecule has 36 heavy (non-hydrogen) atoms. The Morgan fingerprint density at radius 3 is 2.42 bits per heavy atom. The average Bonchev–Trinajstić information content (AvgIpc) is 2.94. The predicted octanol–water partition coefficient (Wildman–Crippen LogP) is 8.91. The first-order chi connectivity index (χ1) is 17.7. The summed E-state index contributed by atoms with van der Waals surface area (Å²) in [5, 5.41) is 21.4. The van der Waals surface area contributed by atoms with Crippen molar-refractivity contribution in [3.8, 4) is 23.3 Å². The molecule has 4 rings (SSSR count). The maximum absolute atomic E-state index is 9.94. The Balaban J connectivity index is 1.79. The van der Waals surface area contributed by atoms with E-state index in [9.17, 15) is 5.26 Å². The van der Waals surface area contributed by atoms with Crippen LogP contribution in [0.15, 0.2) is 121 Å². The van der Waals surface area contributed by atoms with Crippen molar-refractivity contribution in [2.75, 3.05) is 0 Å². The van der Waals surface area contributed by atoms with E-state index in [0.717, 1.165) is 38.8 Å². The molecule has 2 nitrogen and oxygen atoms in total. The third-order valence-corrected chi connectivity index (χ3v) is 7.48. The minimum absolute atomic E-state index is 0.0586. The van der Waals surface area contributed by atoms with Crippen molar-refractivity contribution in [2.45, 2.75) is 17.9 Å². The number of allylic oxidation sites excluding steroid dienone is 4. The highest BCUT2D eigenvalue weighted by Gasteiger charge is 2.19. The lowest BCUT2D eigenvalue weighted by Gasteiger charge is -2.21. The summed E-state index contributed by atoms with van der Waals surface area (Å²) in [7, 11) is 0. The van der Waals surface area contributed by atoms with Gasteiger partial charge in [-0.2, -0.15) is 10.5 Å². The summed E-state index contributed by atoms with van der Waals surface area (Å²) in [6.45, 7) is 5.88. The van der Waals surface area contributed by atoms with E-state index < -0.39 is 0 Å². The van der Waals surface area contributed by atoms with E-state index in [4.69, 9.17) is 5.26 Å². The summed E-state index contributed by atoms with van der Waals surface area (Å²) in [5.41, 5.74) is 6.80. The van der Waals surface area contributed by atoms with Crippen LogP contribution in [-0.4, -0.2) is 0 Å². The maximum Gasteiger partial charge on any atom is 0.0998 e. The zero-order valence-corrected chi connectivity index (χ0v) is 21.0. The monoisotopic (exact) mass is 482 g/mol. The zero-order chi connectivity index (χ0) is 25.3. The molecule has 0 amide bonds. The molecule has 4 aromatic rings. The summed E-state index contributed by atoms with van der Waals surface area (Å²) in [6.07, 6.45) is 7.97. The van der Waals surface area contributed by atoms with Crippen LogP contribution in [0.1, 0.15) is 34.4 Å². The van der Waals surface area contributed by atoms with Crippen LogP contribution in [0.5, 0.6) is 0 Å². The Hall–Kier alpha value is -4.31. The Morgan fingerprint density at radius 2 is 1.69 bits per heavy atom. The van der Waals surface area contributed by atoms with Gasteiger partial charge in [-0.3, -0.25) is 0 Å². The Bertz CT molecular complexity index is 1520. The number of nitrogens with zero attached hydrogens (tertiary/aromatic N) is 2. The molecule has 0 heterocycles. The number of nitriles is 2. The first-order valence-electron chi connectivity index (χ1n) is 11.8. The van der Waals surface area contributed by atoms with Crippen molar-refractivity contribution >= 4 is 22.5 Å². The lowest BCUT2D eigenvalue weighted by molar-refractivity contribution is 1.14. The van der Waals surface area contributed by atoms with Crippen molar-refractivity contribution in [1.82, 2.24) is 0 Å². The average molecular weight is 483 g/mol. The minimum atomic E-state index is 0.0586. The summed E-state index contributed by atoms with van der Waals surface area (Å²) < 4.78 is 0. The van der Waals surface area contributed by atoms with Gasteiger partial charge in [-0.1, -0.05) is 91.5 Å². The molecule has 0 fully saturated rings. The lowest BCUT2D eigenvalue weighted by Crippen LogP contribution is -2.00. The third-order valence-electron chi connectivity index (χ3n) is 6.11. The molecule has 0 saturated heterocycles. The van der Waals surface area contributed by atoms with Gasteiger partial charge in [0.15, 0.2) is 0 Å². The standard InChI is InChI=1S/C33H26N2S/c1-3-5-9-26(4-2)33(36-23-25-16-14-24(21-34)15-17-25)28-18-19-29(22-35)32(20-28)31-13-8-11-27-10-6-7-12-30(27)31/h3-20,33H,1,23H2,2H3/b9-5-,26-4+. The van der Waals surface area contributed by atoms with Crippen molar-refractivity contribution in [2.24, 2.45) is 0 Å². The number of hydrogen-bond acceptors (Lipinski definition) is 3. The van der Waals surface area contributed by atoms with Gasteiger partial charge < -0.3 is 0 Å². The van der Waals surface area contributed by atoms with E-state index in [1.165, 1.54) is 5.57 Å². The number of thioether (sulfide) groups is 1. The highest BCUT2D eigenvalue weighted by atomic mass is 32.2. The molecule has 0 bridgehead atoms. The molecule has 4 aromatic carbocycles. The van der Waals surface area contributed by atoms with Gasteiger partial charge in [0.2, 0.25) is 0 Å². The lowest BCUT2D eigenvalue weighted by atomic mass is 9.92. The molecular weight excluding hydrogens is 456 g/mol. The van der Waals surface area contributed by atoms with Crippen molar-refractivity contribution in [3.63, 3.8) is 0 Å². The molecule has 1 atom stereocenters. The Kier molecular flexibility index (Phi) is 8.20. The van der Waals surface area contributed by atoms with Crippen molar-refractivity contribution < 1.29 is 0 Å². The van der Waals surface area contributed by atoms with Crippen LogP contribution >= 0.6 is 11.8 Å². The number of rotatable bonds is 8. The molecule has 3 heteroatoms. The Labute approximate surface area is 217 Å². The maximum atomic E-state index is 9.94. The fourth-order valence-corrected chi connectivity index (χ4v) is 5.56. The normalized spacial score (nSPS) is 12.2. The van der Waals surface area contributed by atoms with Crippen LogP contribution < -0.4 is 0 Å². The molecule has 0 aliphatic carbocycles. The van der Waals surface area contributed by atoms with Gasteiger partial charge >= 0.3 is 0 Å². The van der Waals surface area contributed by atoms with E-state index >= 15 is 0 Å². The van der Waals surface area contributed by atoms with E-state index in [1.807, 2.05) is 73.3 Å². The van der Waals surface area contributed by atoms with E-state index in [-0.39, 0.29) is 5.25 Å². The van der Waals surface area contributed by atoms with Crippen molar-refractivity contribution in [3.05, 3.63) is 144 Å². The molecule has 0 aliphatic heterocycles. The molecule has 1 unspecified atom stereocenters. The smallest absolute Gasteiger partial charge is 0.0998 e. The third kappa shape index (κ3) is 5.49. The van der Waals surface area contributed by atoms with Crippen LogP contribution in [0, 0.1) is 22.7 Å². The summed E-state index contributed by atoms with van der Waals surface area (Å²) in [6, 6.07) is 33.0. The quantitative estimate of drug-likeness (QED) is 0.236. The van der Waals surface area contributed by atoms with Gasteiger partial charge in [0.25, 0.3) is 0 Å². The molecule has 0 N–H and O–H groups in total. The van der Waals surface area contributed by atoms with Gasteiger partial charge in [-0.15, -0.1) is 11.8 Å². The highest BCUT2D eigenvalue weighted by Crippen LogP contribution is 2.41. The second kappa shape index (κ2) is 11.9. The van der Waals surface area contributed by atoms with Gasteiger partial charge in [-0.25, -0.2) is 0 Å². The second-order valence-corrected chi connectivity index (χ2v) is 9.42. The van der Waals surface area contributed by atoms with Gasteiger partial charge in [0.05, 0.1) is 28.5 Å². The molecule has 174 valence electrons. The first-order valence-corrected chi connectivity index (χ1v) is 12.8. The molecule has 0 radical (unpaired) electrons. The first kappa shape index (κ1) is 24.8. The van der Waals surface area contributed by atoms with Crippen LogP contribution in [0.2, 0.25) is 0 Å². The molecule has 0 saturated carbocycles. The number of hydrogen-bond donors (Lipinski definition) is 0. The zero-order valence-electron chi connectivity index (χ0n) is 20.2. The fraction of sp³-hybridized carbons (Fsp3) is 0.0909. The van der Waals surface area contributed by atoms with Crippen LogP contribution in [0.3, 0.4) is 0 Å². The molecular formula is C33H26N2S. The largest absolute Gasteiger partial charge is 0.192 e. The number of fused-ring (bicyclic) bond motifs is 1. The van der Waals surface area contributed by atoms with Crippen molar-refractivity contribution in [1.29, 1.82) is 10.5 Å². The van der Waals surface area contributed by atoms with Gasteiger partial charge in [0, 0.05) is 11.3 Å². The predicted molar refractivity (Wildman–Crippen MR) is 152 cm³/mol. The van der Waals surface area contributed by atoms with E-state index in [1.54, 1.807) is 6.08 Å². The summed E-state index contributed by atoms with van der Waals surface area (Å²) >= 11 is 1.83. The molecule has 0 aromatic heterocycles. The summed E-state index contributed by atoms with van der Waals surface area (Å²) in [4.78, 5) is 0. The van der Waals surface area contributed by atoms with Gasteiger partial charge in [0.1, 0.15) is 0 Å². The molecule has 0 aliphatic rings. The van der Waals surface area contributed by atoms with Gasteiger partial charge in [-0.05, 0) is 64.2 Å². The SMILES string of the molecule is C=C/C=C\C(=C/C)C(SCc1ccc(C#N)cc1)c1ccc(C#N)c(-c2cccc3ccccc23)c1. The Morgan fingerprint density at radius 1 is 0.917 bits per heavy atom. The molecule has 0 spiro atoms. The second-order valence-electron chi connectivity index (χ2n) is 8.33. The van der Waals surface area contributed by atoms with Crippen LogP contribution in [0.4, 0.5) is 0 Å².